The van der Waals surface area contributed by atoms with Crippen molar-refractivity contribution in [2.75, 3.05) is 26.4 Å². The number of carbonyl (C=O) groups is 3. The summed E-state index contributed by atoms with van der Waals surface area (Å²) in [6.07, 6.45) is 39.4. The number of aliphatic hydroxyl groups excluding tert-OH is 11. The van der Waals surface area contributed by atoms with Gasteiger partial charge in [0.2, 0.25) is 11.8 Å². The van der Waals surface area contributed by atoms with Gasteiger partial charge in [-0.15, -0.1) is 0 Å². The summed E-state index contributed by atoms with van der Waals surface area (Å²) < 4.78 is 34.9. The minimum Gasteiger partial charge on any atom is -0.477 e. The van der Waals surface area contributed by atoms with Crippen LogP contribution in [0.25, 0.3) is 0 Å². The number of ether oxygens (including phenoxy) is 6. The van der Waals surface area contributed by atoms with Crippen LogP contribution in [0, 0.1) is 0 Å². The lowest BCUT2D eigenvalue weighted by Gasteiger charge is -2.50. The van der Waals surface area contributed by atoms with E-state index in [1.165, 1.54) is 250 Å². The standard InChI is InChI=1S/C82H152N2O21/c1-4-6-8-10-12-14-16-18-20-22-24-25-26-27-28-29-30-31-32-33-34-35-36-37-38-40-42-44-46-48-50-52-54-56-69(92)84-63(64(89)55-53-51-49-47-45-43-41-39-23-21-19-17-15-13-11-9-7-5-2)61-100-79-74(96)73(95)76(68(60-87)102-79)103-80-75(97)78(72(94)67(59-86)101-80)105-82(81(98)99)57-65(90)70(83-62(3)88)77(104-82)71(93)66(91)58-85/h27-28,53,55,63-68,70-80,85-87,89-91,93-97H,4-26,29-52,54,56-61H2,1-3H3,(H,83,88)(H,84,92)(H,98,99)/b28-27-,55-53+. The number of hydrogen-bond donors (Lipinski definition) is 14. The number of carbonyl (C=O) groups excluding carboxylic acids is 2. The molecule has 3 rings (SSSR count). The first kappa shape index (κ1) is 96.4. The fourth-order valence-corrected chi connectivity index (χ4v) is 14.7. The van der Waals surface area contributed by atoms with Gasteiger partial charge in [-0.3, -0.25) is 9.59 Å². The molecule has 3 aliphatic heterocycles. The van der Waals surface area contributed by atoms with Gasteiger partial charge >= 0.3 is 5.97 Å². The van der Waals surface area contributed by atoms with E-state index in [0.717, 1.165) is 51.9 Å². The van der Waals surface area contributed by atoms with Crippen molar-refractivity contribution in [2.24, 2.45) is 0 Å². The Morgan fingerprint density at radius 3 is 1.30 bits per heavy atom. The van der Waals surface area contributed by atoms with Crippen molar-refractivity contribution in [3.8, 4) is 0 Å². The molecule has 23 nitrogen and oxygen atoms in total. The van der Waals surface area contributed by atoms with Crippen LogP contribution in [-0.2, 0) is 42.8 Å². The molecule has 3 aliphatic rings. The van der Waals surface area contributed by atoms with E-state index < -0.39 is 155 Å². The Bertz CT molecular complexity index is 2180. The predicted molar refractivity (Wildman–Crippen MR) is 408 cm³/mol. The lowest BCUT2D eigenvalue weighted by Crippen LogP contribution is -2.70. The maximum atomic E-state index is 13.5. The monoisotopic (exact) mass is 1500 g/mol. The molecule has 105 heavy (non-hydrogen) atoms. The quantitative estimate of drug-likeness (QED) is 0.0199. The Morgan fingerprint density at radius 2 is 0.895 bits per heavy atom. The first-order valence-corrected chi connectivity index (χ1v) is 42.2. The summed E-state index contributed by atoms with van der Waals surface area (Å²) in [5, 5.41) is 136. The van der Waals surface area contributed by atoms with E-state index in [1.54, 1.807) is 6.08 Å². The molecule has 0 aromatic rings. The molecule has 0 spiro atoms. The van der Waals surface area contributed by atoms with Crippen LogP contribution in [0.4, 0.5) is 0 Å². The van der Waals surface area contributed by atoms with Crippen LogP contribution in [0.3, 0.4) is 0 Å². The summed E-state index contributed by atoms with van der Waals surface area (Å²) in [7, 11) is 0. The Balaban J connectivity index is 1.46. The molecule has 0 bridgehead atoms. The molecular formula is C82H152N2O21. The first-order valence-electron chi connectivity index (χ1n) is 42.2. The summed E-state index contributed by atoms with van der Waals surface area (Å²) in [5.41, 5.74) is 0. The minimum atomic E-state index is -3.08. The van der Waals surface area contributed by atoms with Crippen LogP contribution in [0.5, 0.6) is 0 Å². The predicted octanol–water partition coefficient (Wildman–Crippen LogP) is 11.9. The third-order valence-electron chi connectivity index (χ3n) is 21.4. The number of amides is 2. The van der Waals surface area contributed by atoms with E-state index in [4.69, 9.17) is 28.4 Å². The largest absolute Gasteiger partial charge is 0.477 e. The van der Waals surface area contributed by atoms with Crippen molar-refractivity contribution in [2.45, 2.75) is 452 Å². The summed E-state index contributed by atoms with van der Waals surface area (Å²) >= 11 is 0. The smallest absolute Gasteiger partial charge is 0.364 e. The molecule has 3 fully saturated rings. The van der Waals surface area contributed by atoms with Crippen molar-refractivity contribution in [3.05, 3.63) is 24.3 Å². The topological polar surface area (TPSA) is 373 Å². The van der Waals surface area contributed by atoms with Crippen molar-refractivity contribution < 1.29 is 104 Å². The van der Waals surface area contributed by atoms with E-state index in [2.05, 4.69) is 36.6 Å². The normalized spacial score (nSPS) is 26.3. The summed E-state index contributed by atoms with van der Waals surface area (Å²) in [6.45, 7) is 2.19. The van der Waals surface area contributed by atoms with Crippen LogP contribution in [0.1, 0.15) is 342 Å². The van der Waals surface area contributed by atoms with Gasteiger partial charge in [-0.05, 0) is 44.9 Å². The van der Waals surface area contributed by atoms with E-state index in [9.17, 15) is 75.7 Å². The van der Waals surface area contributed by atoms with Crippen molar-refractivity contribution in [1.29, 1.82) is 0 Å². The molecule has 0 aliphatic carbocycles. The summed E-state index contributed by atoms with van der Waals surface area (Å²) in [4.78, 5) is 38.7. The van der Waals surface area contributed by atoms with Gasteiger partial charge < -0.3 is 100 Å². The van der Waals surface area contributed by atoms with E-state index >= 15 is 0 Å². The third kappa shape index (κ3) is 40.8. The second-order valence-corrected chi connectivity index (χ2v) is 30.7. The van der Waals surface area contributed by atoms with Gasteiger partial charge in [0.15, 0.2) is 12.6 Å². The molecule has 0 saturated carbocycles. The highest BCUT2D eigenvalue weighted by Gasteiger charge is 2.60. The number of allylic oxidation sites excluding steroid dienone is 3. The Hall–Kier alpha value is -2.79. The number of unbranched alkanes of at least 4 members (excludes halogenated alkanes) is 45. The van der Waals surface area contributed by atoms with Crippen LogP contribution in [0.15, 0.2) is 24.3 Å². The second-order valence-electron chi connectivity index (χ2n) is 30.7. The molecule has 14 N–H and O–H groups in total. The fraction of sp³-hybridized carbons (Fsp3) is 0.915. The summed E-state index contributed by atoms with van der Waals surface area (Å²) in [6, 6.07) is -2.62. The number of aliphatic hydroxyl groups is 11. The Morgan fingerprint density at radius 1 is 0.495 bits per heavy atom. The van der Waals surface area contributed by atoms with Gasteiger partial charge in [0.1, 0.15) is 67.1 Å². The fourth-order valence-electron chi connectivity index (χ4n) is 14.7. The number of carboxylic acids is 1. The van der Waals surface area contributed by atoms with Gasteiger partial charge in [-0.25, -0.2) is 4.79 Å². The van der Waals surface area contributed by atoms with Gasteiger partial charge in [-0.1, -0.05) is 301 Å². The molecular weight excluding hydrogens is 1350 g/mol. The number of hydrogen-bond acceptors (Lipinski definition) is 20. The molecule has 18 unspecified atom stereocenters. The highest BCUT2D eigenvalue weighted by Crippen LogP contribution is 2.39. The van der Waals surface area contributed by atoms with Crippen molar-refractivity contribution in [3.63, 3.8) is 0 Å². The van der Waals surface area contributed by atoms with Crippen molar-refractivity contribution >= 4 is 17.8 Å². The van der Waals surface area contributed by atoms with Gasteiger partial charge in [-0.2, -0.15) is 0 Å². The lowest BCUT2D eigenvalue weighted by molar-refractivity contribution is -0.386. The molecule has 0 aromatic carbocycles. The average molecular weight is 1500 g/mol. The second kappa shape index (κ2) is 60.9. The molecule has 3 saturated heterocycles. The minimum absolute atomic E-state index is 0.203. The van der Waals surface area contributed by atoms with Gasteiger partial charge in [0.05, 0.1) is 50.7 Å². The summed E-state index contributed by atoms with van der Waals surface area (Å²) in [5.74, 6) is -6.13. The van der Waals surface area contributed by atoms with Crippen LogP contribution in [0.2, 0.25) is 0 Å². The molecule has 18 atom stereocenters. The van der Waals surface area contributed by atoms with Crippen molar-refractivity contribution in [1.82, 2.24) is 10.6 Å². The third-order valence-corrected chi connectivity index (χ3v) is 21.4. The Labute approximate surface area is 632 Å². The number of aliphatic carboxylic acids is 1. The van der Waals surface area contributed by atoms with E-state index in [-0.39, 0.29) is 12.3 Å². The number of rotatable bonds is 67. The number of carboxylic acid groups (broad SMARTS) is 1. The highest BCUT2D eigenvalue weighted by atomic mass is 16.8. The van der Waals surface area contributed by atoms with Crippen LogP contribution < -0.4 is 10.6 Å². The van der Waals surface area contributed by atoms with E-state index in [0.29, 0.717) is 12.8 Å². The molecule has 0 aromatic heterocycles. The maximum Gasteiger partial charge on any atom is 0.364 e. The molecule has 2 amide bonds. The van der Waals surface area contributed by atoms with Gasteiger partial charge in [0.25, 0.3) is 5.79 Å². The SMILES string of the molecule is CCCCCCCCCCCCCC/C=C\CCCCCCCCCCCCCCCCCCCC(=O)NC(COC1OC(CO)C(OC2OC(CO)C(O)C(OC3(C(=O)O)CC(O)C(NC(C)=O)C(C(O)C(O)CO)O3)C2O)C(O)C1O)C(O)/C=C/CCCCCCCCCCCCCCCCCC. The zero-order valence-electron chi connectivity index (χ0n) is 65.3. The number of nitrogens with one attached hydrogen (secondary N) is 2. The van der Waals surface area contributed by atoms with E-state index in [1.807, 2.05) is 6.08 Å². The zero-order valence-corrected chi connectivity index (χ0v) is 65.3. The first-order chi connectivity index (χ1) is 50.9. The highest BCUT2D eigenvalue weighted by molar-refractivity contribution is 5.77. The molecule has 616 valence electrons. The maximum absolute atomic E-state index is 13.5. The van der Waals surface area contributed by atoms with Crippen LogP contribution >= 0.6 is 0 Å². The molecule has 23 heteroatoms. The van der Waals surface area contributed by atoms with Crippen LogP contribution in [-0.4, -0.2) is 215 Å². The zero-order chi connectivity index (χ0) is 76.7. The lowest BCUT2D eigenvalue weighted by atomic mass is 9.88. The molecule has 3 heterocycles. The average Bonchev–Trinajstić information content (AvgIpc) is 0.755. The van der Waals surface area contributed by atoms with Gasteiger partial charge in [0, 0.05) is 19.8 Å². The molecule has 0 radical (unpaired) electrons. The Kier molecular flexibility index (Phi) is 55.9.